The van der Waals surface area contributed by atoms with Crippen LogP contribution in [0.25, 0.3) is 0 Å². The molecule has 2 atom stereocenters. The number of hydrogen-bond acceptors (Lipinski definition) is 6. The van der Waals surface area contributed by atoms with E-state index >= 15 is 0 Å². The van der Waals surface area contributed by atoms with Crippen LogP contribution in [-0.2, 0) is 0 Å². The van der Waals surface area contributed by atoms with Crippen molar-refractivity contribution in [1.29, 1.82) is 5.26 Å². The molecule has 0 radical (unpaired) electrons. The van der Waals surface area contributed by atoms with Gasteiger partial charge in [-0.3, -0.25) is 10.1 Å². The molecule has 0 aliphatic carbocycles. The molecule has 1 aromatic heterocycles. The average Bonchev–Trinajstić information content (AvgIpc) is 2.46. The number of piperidine rings is 1. The Morgan fingerprint density at radius 1 is 1.65 bits per heavy atom. The summed E-state index contributed by atoms with van der Waals surface area (Å²) in [4.78, 5) is 16.8. The van der Waals surface area contributed by atoms with E-state index in [4.69, 9.17) is 11.0 Å². The molecule has 1 aliphatic rings. The summed E-state index contributed by atoms with van der Waals surface area (Å²) in [7, 11) is 0. The van der Waals surface area contributed by atoms with Crippen molar-refractivity contribution >= 4 is 11.5 Å². The fourth-order valence-corrected chi connectivity index (χ4v) is 2.74. The zero-order chi connectivity index (χ0) is 14.7. The highest BCUT2D eigenvalue weighted by Crippen LogP contribution is 2.34. The van der Waals surface area contributed by atoms with Gasteiger partial charge in [0.2, 0.25) is 5.82 Å². The van der Waals surface area contributed by atoms with Crippen LogP contribution in [0.3, 0.4) is 0 Å². The highest BCUT2D eigenvalue weighted by atomic mass is 16.6. The third kappa shape index (κ3) is 2.56. The lowest BCUT2D eigenvalue weighted by atomic mass is 9.96. The van der Waals surface area contributed by atoms with Gasteiger partial charge in [0.25, 0.3) is 0 Å². The van der Waals surface area contributed by atoms with E-state index in [2.05, 4.69) is 4.98 Å². The number of anilines is 1. The molecule has 0 amide bonds. The number of rotatable bonds is 3. The largest absolute Gasteiger partial charge is 0.344 e. The molecule has 0 bridgehead atoms. The number of aromatic nitrogens is 1. The second-order valence-corrected chi connectivity index (χ2v) is 5.01. The van der Waals surface area contributed by atoms with Crippen LogP contribution < -0.4 is 10.6 Å². The maximum absolute atomic E-state index is 11.2. The number of nitrogens with zero attached hydrogens (tertiary/aromatic N) is 4. The van der Waals surface area contributed by atoms with Crippen molar-refractivity contribution in [3.63, 3.8) is 0 Å². The van der Waals surface area contributed by atoms with Crippen LogP contribution in [0.4, 0.5) is 11.5 Å². The monoisotopic (exact) mass is 275 g/mol. The van der Waals surface area contributed by atoms with Gasteiger partial charge in [0, 0.05) is 30.9 Å². The topological polar surface area (TPSA) is 109 Å². The van der Waals surface area contributed by atoms with Crippen LogP contribution in [0.2, 0.25) is 0 Å². The summed E-state index contributed by atoms with van der Waals surface area (Å²) in [6.07, 6.45) is 4.29. The maximum atomic E-state index is 11.2. The van der Waals surface area contributed by atoms with E-state index in [0.717, 1.165) is 19.3 Å². The van der Waals surface area contributed by atoms with Crippen molar-refractivity contribution < 1.29 is 4.92 Å². The second kappa shape index (κ2) is 5.84. The molecule has 106 valence electrons. The summed E-state index contributed by atoms with van der Waals surface area (Å²) in [5, 5.41) is 20.1. The first-order valence-electron chi connectivity index (χ1n) is 6.61. The lowest BCUT2D eigenvalue weighted by Gasteiger charge is -2.40. The van der Waals surface area contributed by atoms with Gasteiger partial charge < -0.3 is 10.6 Å². The van der Waals surface area contributed by atoms with Crippen molar-refractivity contribution in [2.75, 3.05) is 11.4 Å². The van der Waals surface area contributed by atoms with Crippen molar-refractivity contribution in [3.8, 4) is 6.07 Å². The van der Waals surface area contributed by atoms with Crippen LogP contribution in [0.15, 0.2) is 12.3 Å². The molecule has 1 saturated heterocycles. The minimum atomic E-state index is -0.488. The zero-order valence-electron chi connectivity index (χ0n) is 11.3. The van der Waals surface area contributed by atoms with Crippen LogP contribution in [-0.4, -0.2) is 28.5 Å². The lowest BCUT2D eigenvalue weighted by Crippen LogP contribution is -2.49. The van der Waals surface area contributed by atoms with Crippen LogP contribution in [0, 0.1) is 21.4 Å². The fraction of sp³-hybridized carbons (Fsp3) is 0.538. The molecule has 2 rings (SSSR count). The maximum Gasteiger partial charge on any atom is 0.312 e. The first-order valence-corrected chi connectivity index (χ1v) is 6.61. The summed E-state index contributed by atoms with van der Waals surface area (Å²) in [5.74, 6) is 0.316. The van der Waals surface area contributed by atoms with Gasteiger partial charge in [0.1, 0.15) is 6.07 Å². The first kappa shape index (κ1) is 14.2. The van der Waals surface area contributed by atoms with Crippen molar-refractivity contribution in [1.82, 2.24) is 4.98 Å². The molecule has 7 heteroatoms. The molecule has 0 aromatic carbocycles. The smallest absolute Gasteiger partial charge is 0.312 e. The van der Waals surface area contributed by atoms with Gasteiger partial charge in [-0.15, -0.1) is 0 Å². The van der Waals surface area contributed by atoms with Gasteiger partial charge >= 0.3 is 5.69 Å². The zero-order valence-corrected chi connectivity index (χ0v) is 11.3. The molecule has 0 saturated carbocycles. The van der Waals surface area contributed by atoms with Crippen LogP contribution in [0.5, 0.6) is 0 Å². The van der Waals surface area contributed by atoms with Crippen LogP contribution in [0.1, 0.15) is 31.7 Å². The number of hydrogen-bond donors (Lipinski definition) is 1. The van der Waals surface area contributed by atoms with E-state index in [1.54, 1.807) is 0 Å². The van der Waals surface area contributed by atoms with E-state index in [1.807, 2.05) is 17.9 Å². The third-order valence-electron chi connectivity index (χ3n) is 3.72. The number of nitrogens with two attached hydrogens (primary N) is 1. The average molecular weight is 275 g/mol. The molecule has 0 spiro atoms. The summed E-state index contributed by atoms with van der Waals surface area (Å²) >= 11 is 0. The number of nitriles is 1. The van der Waals surface area contributed by atoms with Gasteiger partial charge in [-0.2, -0.15) is 5.26 Å². The Bertz CT molecular complexity index is 554. The van der Waals surface area contributed by atoms with Crippen molar-refractivity contribution in [3.05, 3.63) is 27.9 Å². The Morgan fingerprint density at radius 2 is 2.40 bits per heavy atom. The minimum absolute atomic E-state index is 0.0536. The molecular formula is C13H17N5O2. The highest BCUT2D eigenvalue weighted by molar-refractivity contribution is 5.61. The van der Waals surface area contributed by atoms with Gasteiger partial charge in [0.15, 0.2) is 0 Å². The Balaban J connectivity index is 2.49. The van der Waals surface area contributed by atoms with Crippen LogP contribution >= 0.6 is 0 Å². The van der Waals surface area contributed by atoms with E-state index in [0.29, 0.717) is 12.4 Å². The SMILES string of the molecule is CC1CCCC(CN)N1c1ncc(C#N)cc1[N+](=O)[O-]. The van der Waals surface area contributed by atoms with Gasteiger partial charge in [-0.25, -0.2) is 4.98 Å². The molecule has 20 heavy (non-hydrogen) atoms. The third-order valence-corrected chi connectivity index (χ3v) is 3.72. The molecule has 1 aromatic rings. The Morgan fingerprint density at radius 3 is 3.00 bits per heavy atom. The van der Waals surface area contributed by atoms with E-state index in [9.17, 15) is 10.1 Å². The summed E-state index contributed by atoms with van der Waals surface area (Å²) < 4.78 is 0. The standard InChI is InChI=1S/C13H17N5O2/c1-9-3-2-4-11(7-15)17(9)13-12(18(19)20)5-10(6-14)8-16-13/h5,8-9,11H,2-4,7,15H2,1H3. The van der Waals surface area contributed by atoms with Gasteiger partial charge in [-0.05, 0) is 26.2 Å². The fourth-order valence-electron chi connectivity index (χ4n) is 2.74. The van der Waals surface area contributed by atoms with E-state index in [-0.39, 0.29) is 23.3 Å². The molecule has 7 nitrogen and oxygen atoms in total. The second-order valence-electron chi connectivity index (χ2n) is 5.01. The molecule has 1 aliphatic heterocycles. The van der Waals surface area contributed by atoms with Gasteiger partial charge in [0.05, 0.1) is 10.5 Å². The Labute approximate surface area is 117 Å². The quantitative estimate of drug-likeness (QED) is 0.662. The molecule has 2 unspecified atom stereocenters. The summed E-state index contributed by atoms with van der Waals surface area (Å²) in [6, 6.07) is 3.36. The van der Waals surface area contributed by atoms with Crippen molar-refractivity contribution in [2.24, 2.45) is 5.73 Å². The molecular weight excluding hydrogens is 258 g/mol. The normalized spacial score (nSPS) is 22.4. The molecule has 1 fully saturated rings. The number of pyridine rings is 1. The van der Waals surface area contributed by atoms with E-state index in [1.165, 1.54) is 12.3 Å². The molecule has 2 N–H and O–H groups in total. The Hall–Kier alpha value is -2.20. The summed E-state index contributed by atoms with van der Waals surface area (Å²) in [5.41, 5.74) is 5.84. The van der Waals surface area contributed by atoms with E-state index < -0.39 is 4.92 Å². The predicted octanol–water partition coefficient (Wildman–Crippen LogP) is 1.57. The molecule has 2 heterocycles. The minimum Gasteiger partial charge on any atom is -0.344 e. The van der Waals surface area contributed by atoms with Gasteiger partial charge in [-0.1, -0.05) is 0 Å². The predicted molar refractivity (Wildman–Crippen MR) is 74.2 cm³/mol. The summed E-state index contributed by atoms with van der Waals surface area (Å²) in [6.45, 7) is 2.45. The Kier molecular flexibility index (Phi) is 4.15. The first-order chi connectivity index (χ1) is 9.58. The highest BCUT2D eigenvalue weighted by Gasteiger charge is 2.33. The lowest BCUT2D eigenvalue weighted by molar-refractivity contribution is -0.384. The number of nitro groups is 1. The van der Waals surface area contributed by atoms with Crippen molar-refractivity contribution in [2.45, 2.75) is 38.3 Å².